The molecule has 0 atom stereocenters. The number of hydrogen-bond donors (Lipinski definition) is 1. The molecule has 3 aromatic heterocycles. The van der Waals surface area contributed by atoms with E-state index in [1.54, 1.807) is 28.1 Å². The molecule has 6 heteroatoms. The highest BCUT2D eigenvalue weighted by Crippen LogP contribution is 2.12. The number of nitrogens with one attached hydrogen (secondary N) is 1. The van der Waals surface area contributed by atoms with Crippen molar-refractivity contribution in [1.29, 1.82) is 0 Å². The molecule has 3 heterocycles. The third-order valence-corrected chi connectivity index (χ3v) is 3.28. The lowest BCUT2D eigenvalue weighted by Crippen LogP contribution is -1.99. The molecule has 0 amide bonds. The zero-order valence-corrected chi connectivity index (χ0v) is 10.4. The van der Waals surface area contributed by atoms with E-state index in [0.29, 0.717) is 11.0 Å². The molecule has 0 aliphatic rings. The molecule has 0 saturated carbocycles. The standard InChI is InChI=1S/C11H9ClN4S/c12-9-1-2-10-14-11(15-16(10)6-9)13-5-8-3-4-17-7-8/h1-4,6-7H,5H2,(H,13,15). The van der Waals surface area contributed by atoms with Crippen molar-refractivity contribution < 1.29 is 0 Å². The van der Waals surface area contributed by atoms with Gasteiger partial charge in [-0.3, -0.25) is 0 Å². The number of nitrogens with zero attached hydrogens (tertiary/aromatic N) is 3. The zero-order valence-electron chi connectivity index (χ0n) is 8.80. The summed E-state index contributed by atoms with van der Waals surface area (Å²) in [6.07, 6.45) is 1.74. The molecular weight excluding hydrogens is 256 g/mol. The number of aromatic nitrogens is 3. The molecule has 0 bridgehead atoms. The minimum absolute atomic E-state index is 0.610. The van der Waals surface area contributed by atoms with Crippen molar-refractivity contribution in [1.82, 2.24) is 14.6 Å². The summed E-state index contributed by atoms with van der Waals surface area (Å²) < 4.78 is 1.66. The monoisotopic (exact) mass is 264 g/mol. The lowest BCUT2D eigenvalue weighted by atomic mass is 10.3. The molecule has 0 aliphatic carbocycles. The van der Waals surface area contributed by atoms with Gasteiger partial charge in [0.1, 0.15) is 0 Å². The van der Waals surface area contributed by atoms with Crippen molar-refractivity contribution in [2.45, 2.75) is 6.54 Å². The fourth-order valence-electron chi connectivity index (χ4n) is 1.51. The topological polar surface area (TPSA) is 42.2 Å². The molecule has 0 fully saturated rings. The maximum Gasteiger partial charge on any atom is 0.243 e. The Labute approximate surface area is 107 Å². The highest BCUT2D eigenvalue weighted by atomic mass is 35.5. The van der Waals surface area contributed by atoms with E-state index in [4.69, 9.17) is 11.6 Å². The van der Waals surface area contributed by atoms with E-state index in [-0.39, 0.29) is 0 Å². The third-order valence-electron chi connectivity index (χ3n) is 2.33. The van der Waals surface area contributed by atoms with E-state index < -0.39 is 0 Å². The maximum atomic E-state index is 5.88. The second-order valence-corrected chi connectivity index (χ2v) is 4.79. The van der Waals surface area contributed by atoms with E-state index in [0.717, 1.165) is 12.2 Å². The molecule has 3 aromatic rings. The van der Waals surface area contributed by atoms with E-state index >= 15 is 0 Å². The van der Waals surface area contributed by atoms with Crippen molar-refractivity contribution in [2.75, 3.05) is 5.32 Å². The van der Waals surface area contributed by atoms with Crippen LogP contribution in [0.3, 0.4) is 0 Å². The predicted octanol–water partition coefficient (Wildman–Crippen LogP) is 3.06. The van der Waals surface area contributed by atoms with Crippen LogP contribution >= 0.6 is 22.9 Å². The Bertz CT molecular complexity index is 632. The number of thiophene rings is 1. The minimum atomic E-state index is 0.610. The summed E-state index contributed by atoms with van der Waals surface area (Å²) in [5.74, 6) is 0.610. The summed E-state index contributed by atoms with van der Waals surface area (Å²) in [5, 5.41) is 12.3. The largest absolute Gasteiger partial charge is 0.349 e. The van der Waals surface area contributed by atoms with Crippen molar-refractivity contribution in [3.05, 3.63) is 45.7 Å². The van der Waals surface area contributed by atoms with E-state index in [1.165, 1.54) is 5.56 Å². The van der Waals surface area contributed by atoms with Gasteiger partial charge in [-0.25, -0.2) is 4.52 Å². The van der Waals surface area contributed by atoms with Gasteiger partial charge in [0.05, 0.1) is 5.02 Å². The Balaban J connectivity index is 1.81. The Morgan fingerprint density at radius 3 is 3.12 bits per heavy atom. The average molecular weight is 265 g/mol. The molecule has 4 nitrogen and oxygen atoms in total. The third kappa shape index (κ3) is 2.25. The summed E-state index contributed by atoms with van der Waals surface area (Å²) in [4.78, 5) is 4.34. The molecule has 1 N–H and O–H groups in total. The lowest BCUT2D eigenvalue weighted by molar-refractivity contribution is 0.951. The quantitative estimate of drug-likeness (QED) is 0.791. The normalized spacial score (nSPS) is 10.9. The van der Waals surface area contributed by atoms with Crippen LogP contribution in [0.25, 0.3) is 5.65 Å². The second-order valence-electron chi connectivity index (χ2n) is 3.57. The van der Waals surface area contributed by atoms with Gasteiger partial charge in [-0.15, -0.1) is 5.10 Å². The van der Waals surface area contributed by atoms with E-state index in [1.807, 2.05) is 11.4 Å². The van der Waals surface area contributed by atoms with Gasteiger partial charge in [-0.05, 0) is 34.5 Å². The highest BCUT2D eigenvalue weighted by molar-refractivity contribution is 7.07. The van der Waals surface area contributed by atoms with Gasteiger partial charge in [0.25, 0.3) is 0 Å². The molecular formula is C11H9ClN4S. The van der Waals surface area contributed by atoms with Gasteiger partial charge >= 0.3 is 0 Å². The lowest BCUT2D eigenvalue weighted by Gasteiger charge is -1.97. The molecule has 0 spiro atoms. The van der Waals surface area contributed by atoms with Gasteiger partial charge < -0.3 is 5.32 Å². The summed E-state index contributed by atoms with van der Waals surface area (Å²) >= 11 is 7.56. The Hall–Kier alpha value is -1.59. The molecule has 0 radical (unpaired) electrons. The van der Waals surface area contributed by atoms with Gasteiger partial charge in [0.2, 0.25) is 5.95 Å². The second kappa shape index (κ2) is 4.35. The van der Waals surface area contributed by atoms with Gasteiger partial charge in [-0.1, -0.05) is 11.6 Å². The van der Waals surface area contributed by atoms with Crippen LogP contribution in [0.5, 0.6) is 0 Å². The fourth-order valence-corrected chi connectivity index (χ4v) is 2.33. The van der Waals surface area contributed by atoms with E-state index in [9.17, 15) is 0 Å². The fraction of sp³-hybridized carbons (Fsp3) is 0.0909. The Kier molecular flexibility index (Phi) is 2.70. The minimum Gasteiger partial charge on any atom is -0.349 e. The van der Waals surface area contributed by atoms with E-state index in [2.05, 4.69) is 26.8 Å². The van der Waals surface area contributed by atoms with Crippen LogP contribution in [0.2, 0.25) is 5.02 Å². The van der Waals surface area contributed by atoms with Crippen LogP contribution in [-0.4, -0.2) is 14.6 Å². The van der Waals surface area contributed by atoms with Gasteiger partial charge in [-0.2, -0.15) is 16.3 Å². The number of rotatable bonds is 3. The predicted molar refractivity (Wildman–Crippen MR) is 69.6 cm³/mol. The summed E-state index contributed by atoms with van der Waals surface area (Å²) in [7, 11) is 0. The van der Waals surface area contributed by atoms with Crippen molar-refractivity contribution in [3.63, 3.8) is 0 Å². The molecule has 0 aromatic carbocycles. The van der Waals surface area contributed by atoms with Crippen LogP contribution in [-0.2, 0) is 6.54 Å². The van der Waals surface area contributed by atoms with Crippen LogP contribution in [0.1, 0.15) is 5.56 Å². The average Bonchev–Trinajstić information content (AvgIpc) is 2.94. The van der Waals surface area contributed by atoms with Crippen LogP contribution in [0.4, 0.5) is 5.95 Å². The van der Waals surface area contributed by atoms with Gasteiger partial charge in [0.15, 0.2) is 5.65 Å². The van der Waals surface area contributed by atoms with Crippen LogP contribution < -0.4 is 5.32 Å². The van der Waals surface area contributed by atoms with Crippen molar-refractivity contribution in [2.24, 2.45) is 0 Å². The number of halogens is 1. The van der Waals surface area contributed by atoms with Crippen molar-refractivity contribution >= 4 is 34.5 Å². The summed E-state index contributed by atoms with van der Waals surface area (Å²) in [5.41, 5.74) is 2.01. The first-order chi connectivity index (χ1) is 8.31. The van der Waals surface area contributed by atoms with Gasteiger partial charge in [0, 0.05) is 12.7 Å². The molecule has 17 heavy (non-hydrogen) atoms. The Morgan fingerprint density at radius 1 is 1.35 bits per heavy atom. The van der Waals surface area contributed by atoms with Crippen LogP contribution in [0.15, 0.2) is 35.2 Å². The van der Waals surface area contributed by atoms with Crippen molar-refractivity contribution in [3.8, 4) is 0 Å². The highest BCUT2D eigenvalue weighted by Gasteiger charge is 2.03. The molecule has 3 rings (SSSR count). The SMILES string of the molecule is Clc1ccc2nc(NCc3ccsc3)nn2c1. The first kappa shape index (κ1) is 10.6. The number of hydrogen-bond acceptors (Lipinski definition) is 4. The molecule has 0 unspecified atom stereocenters. The first-order valence-electron chi connectivity index (χ1n) is 5.08. The number of fused-ring (bicyclic) bond motifs is 1. The zero-order chi connectivity index (χ0) is 11.7. The van der Waals surface area contributed by atoms with Crippen LogP contribution in [0, 0.1) is 0 Å². The molecule has 86 valence electrons. The summed E-state index contributed by atoms with van der Waals surface area (Å²) in [6, 6.07) is 5.71. The maximum absolute atomic E-state index is 5.88. The first-order valence-corrected chi connectivity index (χ1v) is 6.40. The summed E-state index contributed by atoms with van der Waals surface area (Å²) in [6.45, 7) is 0.730. The number of pyridine rings is 1. The molecule has 0 aliphatic heterocycles. The molecule has 0 saturated heterocycles. The Morgan fingerprint density at radius 2 is 2.29 bits per heavy atom. The number of anilines is 1. The smallest absolute Gasteiger partial charge is 0.243 e.